The van der Waals surface area contributed by atoms with Gasteiger partial charge in [-0.25, -0.2) is 4.98 Å². The van der Waals surface area contributed by atoms with Crippen molar-refractivity contribution in [1.29, 1.82) is 0 Å². The number of terminal acetylenes is 1. The summed E-state index contributed by atoms with van der Waals surface area (Å²) < 4.78 is 5.19. The lowest BCUT2D eigenvalue weighted by atomic mass is 10.1. The van der Waals surface area contributed by atoms with Gasteiger partial charge in [0, 0.05) is 5.56 Å². The molecule has 0 unspecified atom stereocenters. The van der Waals surface area contributed by atoms with E-state index in [0.717, 1.165) is 22.6 Å². The van der Waals surface area contributed by atoms with E-state index in [-0.39, 0.29) is 0 Å². The van der Waals surface area contributed by atoms with Crippen LogP contribution in [0, 0.1) is 19.3 Å². The SMILES string of the molecule is C#Cc1nc(-c2cccc(OC)c2)ccc1C. The summed E-state index contributed by atoms with van der Waals surface area (Å²) in [5.74, 6) is 3.40. The van der Waals surface area contributed by atoms with Crippen LogP contribution in [0.4, 0.5) is 0 Å². The third-order valence-electron chi connectivity index (χ3n) is 2.60. The third-order valence-corrected chi connectivity index (χ3v) is 2.60. The maximum absolute atomic E-state index is 5.42. The van der Waals surface area contributed by atoms with Crippen LogP contribution in [0.5, 0.6) is 5.75 Å². The van der Waals surface area contributed by atoms with E-state index in [1.807, 2.05) is 43.3 Å². The van der Waals surface area contributed by atoms with Crippen LogP contribution in [0.25, 0.3) is 11.3 Å². The van der Waals surface area contributed by atoms with Crippen LogP contribution in [0.2, 0.25) is 0 Å². The van der Waals surface area contributed by atoms with Crippen LogP contribution in [-0.2, 0) is 0 Å². The number of methoxy groups -OCH3 is 1. The molecule has 0 saturated carbocycles. The number of rotatable bonds is 2. The van der Waals surface area contributed by atoms with Gasteiger partial charge in [-0.1, -0.05) is 18.2 Å². The van der Waals surface area contributed by atoms with Crippen molar-refractivity contribution in [2.24, 2.45) is 0 Å². The van der Waals surface area contributed by atoms with E-state index in [2.05, 4.69) is 10.9 Å². The molecule has 1 aromatic carbocycles. The summed E-state index contributed by atoms with van der Waals surface area (Å²) in [4.78, 5) is 4.44. The molecule has 0 fully saturated rings. The lowest BCUT2D eigenvalue weighted by Crippen LogP contribution is -1.91. The highest BCUT2D eigenvalue weighted by Gasteiger charge is 2.03. The summed E-state index contributed by atoms with van der Waals surface area (Å²) in [5.41, 5.74) is 3.56. The average Bonchev–Trinajstić information content (AvgIpc) is 2.39. The lowest BCUT2D eigenvalue weighted by molar-refractivity contribution is 0.415. The second kappa shape index (κ2) is 4.71. The van der Waals surface area contributed by atoms with E-state index in [1.54, 1.807) is 7.11 Å². The molecule has 2 rings (SSSR count). The van der Waals surface area contributed by atoms with Crippen molar-refractivity contribution in [2.75, 3.05) is 7.11 Å². The second-order valence-electron chi connectivity index (χ2n) is 3.74. The summed E-state index contributed by atoms with van der Waals surface area (Å²) in [7, 11) is 1.65. The van der Waals surface area contributed by atoms with Gasteiger partial charge in [0.1, 0.15) is 11.4 Å². The molecule has 0 amide bonds. The van der Waals surface area contributed by atoms with Crippen molar-refractivity contribution < 1.29 is 4.74 Å². The first kappa shape index (κ1) is 11.2. The Balaban J connectivity index is 2.49. The smallest absolute Gasteiger partial charge is 0.119 e. The van der Waals surface area contributed by atoms with Crippen molar-refractivity contribution in [1.82, 2.24) is 4.98 Å². The molecule has 0 bridgehead atoms. The van der Waals surface area contributed by atoms with Crippen LogP contribution >= 0.6 is 0 Å². The summed E-state index contributed by atoms with van der Waals surface area (Å²) in [5, 5.41) is 0. The molecular weight excluding hydrogens is 210 g/mol. The highest BCUT2D eigenvalue weighted by Crippen LogP contribution is 2.22. The largest absolute Gasteiger partial charge is 0.497 e. The van der Waals surface area contributed by atoms with Crippen molar-refractivity contribution in [2.45, 2.75) is 6.92 Å². The minimum atomic E-state index is 0.685. The predicted molar refractivity (Wildman–Crippen MR) is 68.9 cm³/mol. The highest BCUT2D eigenvalue weighted by molar-refractivity contribution is 5.62. The van der Waals surface area contributed by atoms with Gasteiger partial charge < -0.3 is 4.74 Å². The summed E-state index contributed by atoms with van der Waals surface area (Å²) in [6, 6.07) is 11.7. The Morgan fingerprint density at radius 2 is 2.06 bits per heavy atom. The molecule has 0 aliphatic carbocycles. The highest BCUT2D eigenvalue weighted by atomic mass is 16.5. The molecule has 84 valence electrons. The Morgan fingerprint density at radius 1 is 1.24 bits per heavy atom. The molecule has 2 heteroatoms. The van der Waals surface area contributed by atoms with Gasteiger partial charge >= 0.3 is 0 Å². The molecule has 17 heavy (non-hydrogen) atoms. The zero-order chi connectivity index (χ0) is 12.3. The quantitative estimate of drug-likeness (QED) is 0.730. The zero-order valence-corrected chi connectivity index (χ0v) is 9.90. The first-order chi connectivity index (χ1) is 8.24. The van der Waals surface area contributed by atoms with E-state index in [9.17, 15) is 0 Å². The molecule has 0 radical (unpaired) electrons. The van der Waals surface area contributed by atoms with Gasteiger partial charge in [0.2, 0.25) is 0 Å². The summed E-state index contributed by atoms with van der Waals surface area (Å²) in [6.07, 6.45) is 5.42. The fourth-order valence-corrected chi connectivity index (χ4v) is 1.62. The van der Waals surface area contributed by atoms with Gasteiger partial charge in [-0.15, -0.1) is 6.42 Å². The van der Waals surface area contributed by atoms with E-state index in [1.165, 1.54) is 0 Å². The number of pyridine rings is 1. The van der Waals surface area contributed by atoms with Crippen LogP contribution in [0.1, 0.15) is 11.3 Å². The second-order valence-corrected chi connectivity index (χ2v) is 3.74. The minimum absolute atomic E-state index is 0.685. The van der Waals surface area contributed by atoms with Gasteiger partial charge in [-0.2, -0.15) is 0 Å². The van der Waals surface area contributed by atoms with Crippen LogP contribution in [0.15, 0.2) is 36.4 Å². The van der Waals surface area contributed by atoms with E-state index in [4.69, 9.17) is 11.2 Å². The average molecular weight is 223 g/mol. The Morgan fingerprint density at radius 3 is 2.76 bits per heavy atom. The van der Waals surface area contributed by atoms with Crippen LogP contribution in [0.3, 0.4) is 0 Å². The Bertz CT molecular complexity index is 582. The van der Waals surface area contributed by atoms with Gasteiger partial charge in [0.05, 0.1) is 12.8 Å². The molecule has 0 spiro atoms. The van der Waals surface area contributed by atoms with Crippen molar-refractivity contribution in [3.05, 3.63) is 47.7 Å². The first-order valence-corrected chi connectivity index (χ1v) is 5.33. The molecule has 1 heterocycles. The number of hydrogen-bond donors (Lipinski definition) is 0. The van der Waals surface area contributed by atoms with Crippen molar-refractivity contribution in [3.63, 3.8) is 0 Å². The van der Waals surface area contributed by atoms with Crippen LogP contribution < -0.4 is 4.74 Å². The molecule has 0 atom stereocenters. The number of benzene rings is 1. The van der Waals surface area contributed by atoms with Gasteiger partial charge in [-0.3, -0.25) is 0 Å². The topological polar surface area (TPSA) is 22.1 Å². The Kier molecular flexibility index (Phi) is 3.11. The number of aromatic nitrogens is 1. The Hall–Kier alpha value is -2.27. The summed E-state index contributed by atoms with van der Waals surface area (Å²) in [6.45, 7) is 1.96. The molecule has 1 aromatic heterocycles. The molecule has 2 aromatic rings. The van der Waals surface area contributed by atoms with Gasteiger partial charge in [0.15, 0.2) is 0 Å². The maximum Gasteiger partial charge on any atom is 0.119 e. The van der Waals surface area contributed by atoms with Gasteiger partial charge in [-0.05, 0) is 36.6 Å². The molecule has 0 aliphatic heterocycles. The van der Waals surface area contributed by atoms with Crippen molar-refractivity contribution in [3.8, 4) is 29.4 Å². The van der Waals surface area contributed by atoms with E-state index in [0.29, 0.717) is 5.69 Å². The van der Waals surface area contributed by atoms with Crippen molar-refractivity contribution >= 4 is 0 Å². The lowest BCUT2D eigenvalue weighted by Gasteiger charge is -2.05. The van der Waals surface area contributed by atoms with E-state index < -0.39 is 0 Å². The minimum Gasteiger partial charge on any atom is -0.497 e. The monoisotopic (exact) mass is 223 g/mol. The van der Waals surface area contributed by atoms with Crippen LogP contribution in [-0.4, -0.2) is 12.1 Å². The van der Waals surface area contributed by atoms with E-state index >= 15 is 0 Å². The normalized spacial score (nSPS) is 9.71. The fraction of sp³-hybridized carbons (Fsp3) is 0.133. The number of ether oxygens (including phenoxy) is 1. The zero-order valence-electron chi connectivity index (χ0n) is 9.90. The predicted octanol–water partition coefficient (Wildman–Crippen LogP) is 3.05. The third kappa shape index (κ3) is 2.29. The number of hydrogen-bond acceptors (Lipinski definition) is 2. The fourth-order valence-electron chi connectivity index (χ4n) is 1.62. The summed E-state index contributed by atoms with van der Waals surface area (Å²) >= 11 is 0. The van der Waals surface area contributed by atoms with Gasteiger partial charge in [0.25, 0.3) is 0 Å². The first-order valence-electron chi connectivity index (χ1n) is 5.33. The number of aryl methyl sites for hydroxylation is 1. The maximum atomic E-state index is 5.42. The molecule has 0 aliphatic rings. The standard InChI is InChI=1S/C15H13NO/c1-4-14-11(2)8-9-15(16-14)12-6-5-7-13(10-12)17-3/h1,5-10H,2-3H3. The Labute approximate surface area is 101 Å². The number of nitrogens with zero attached hydrogens (tertiary/aromatic N) is 1. The molecular formula is C15H13NO. The molecule has 0 saturated heterocycles. The molecule has 2 nitrogen and oxygen atoms in total. The molecule has 0 N–H and O–H groups in total.